The summed E-state index contributed by atoms with van der Waals surface area (Å²) in [5.41, 5.74) is 9.56. The topological polar surface area (TPSA) is 43.8 Å². The molecule has 1 saturated carbocycles. The minimum absolute atomic E-state index is 0.668. The molecule has 96 valence electrons. The van der Waals surface area contributed by atoms with Gasteiger partial charge < -0.3 is 10.3 Å². The van der Waals surface area contributed by atoms with Crippen LogP contribution in [0.25, 0.3) is 11.0 Å². The quantitative estimate of drug-likeness (QED) is 0.877. The molecule has 0 spiro atoms. The van der Waals surface area contributed by atoms with E-state index >= 15 is 0 Å². The average molecular weight is 243 g/mol. The number of nitrogens with two attached hydrogens (primary N) is 1. The van der Waals surface area contributed by atoms with Crippen LogP contribution in [0, 0.1) is 12.8 Å². The summed E-state index contributed by atoms with van der Waals surface area (Å²) in [7, 11) is 0. The number of fused-ring (bicyclic) bond motifs is 1. The van der Waals surface area contributed by atoms with Gasteiger partial charge >= 0.3 is 0 Å². The highest BCUT2D eigenvalue weighted by atomic mass is 15.2. The molecule has 0 atom stereocenters. The minimum Gasteiger partial charge on any atom is -0.369 e. The number of hydrogen-bond acceptors (Lipinski definition) is 2. The molecule has 2 N–H and O–H groups in total. The molecule has 18 heavy (non-hydrogen) atoms. The lowest BCUT2D eigenvalue weighted by atomic mass is 9.89. The zero-order valence-corrected chi connectivity index (χ0v) is 11.0. The number of imidazole rings is 1. The number of nitrogens with zero attached hydrogens (tertiary/aromatic N) is 2. The first-order valence-corrected chi connectivity index (χ1v) is 6.96. The summed E-state index contributed by atoms with van der Waals surface area (Å²) >= 11 is 0. The highest BCUT2D eigenvalue weighted by molar-refractivity contribution is 5.79. The molecular formula is C15H21N3. The lowest BCUT2D eigenvalue weighted by Gasteiger charge is -2.22. The fourth-order valence-corrected chi connectivity index (χ4v) is 3.07. The normalized spacial score (nSPS) is 17.4. The first kappa shape index (κ1) is 11.6. The average Bonchev–Trinajstić information content (AvgIpc) is 2.67. The number of aryl methyl sites for hydroxylation is 1. The molecule has 0 unspecified atom stereocenters. The molecule has 3 nitrogen and oxygen atoms in total. The molecule has 0 saturated heterocycles. The van der Waals surface area contributed by atoms with E-state index in [2.05, 4.69) is 34.7 Å². The highest BCUT2D eigenvalue weighted by Gasteiger charge is 2.17. The Bertz CT molecular complexity index is 550. The van der Waals surface area contributed by atoms with E-state index in [0.29, 0.717) is 5.95 Å². The van der Waals surface area contributed by atoms with Gasteiger partial charge in [0.2, 0.25) is 5.95 Å². The maximum absolute atomic E-state index is 6.07. The van der Waals surface area contributed by atoms with Gasteiger partial charge in [-0.05, 0) is 43.4 Å². The molecule has 1 aromatic heterocycles. The van der Waals surface area contributed by atoms with E-state index < -0.39 is 0 Å². The number of hydrogen-bond donors (Lipinski definition) is 1. The van der Waals surface area contributed by atoms with Crippen LogP contribution in [0.1, 0.15) is 37.7 Å². The summed E-state index contributed by atoms with van der Waals surface area (Å²) in [6.45, 7) is 3.15. The molecule has 1 heterocycles. The third kappa shape index (κ3) is 2.09. The Balaban J connectivity index is 1.94. The molecule has 0 bridgehead atoms. The van der Waals surface area contributed by atoms with Crippen LogP contribution in [-0.4, -0.2) is 9.55 Å². The third-order valence-corrected chi connectivity index (χ3v) is 4.10. The number of rotatable bonds is 2. The second kappa shape index (κ2) is 4.63. The SMILES string of the molecule is Cc1ccc2nc(N)n(CC3CCCCC3)c2c1. The predicted molar refractivity (Wildman–Crippen MR) is 75.5 cm³/mol. The number of nitrogen functional groups attached to an aromatic ring is 1. The Kier molecular flexibility index (Phi) is 2.98. The van der Waals surface area contributed by atoms with Crippen molar-refractivity contribution in [2.45, 2.75) is 45.6 Å². The Morgan fingerprint density at radius 2 is 2.06 bits per heavy atom. The maximum atomic E-state index is 6.07. The lowest BCUT2D eigenvalue weighted by molar-refractivity contribution is 0.323. The van der Waals surface area contributed by atoms with Crippen LogP contribution in [0.15, 0.2) is 18.2 Å². The van der Waals surface area contributed by atoms with E-state index in [1.165, 1.54) is 43.2 Å². The Morgan fingerprint density at radius 1 is 1.28 bits per heavy atom. The summed E-state index contributed by atoms with van der Waals surface area (Å²) < 4.78 is 2.21. The van der Waals surface area contributed by atoms with Gasteiger partial charge in [0.05, 0.1) is 11.0 Å². The lowest BCUT2D eigenvalue weighted by Crippen LogP contribution is -2.15. The van der Waals surface area contributed by atoms with Gasteiger partial charge in [-0.15, -0.1) is 0 Å². The second-order valence-electron chi connectivity index (χ2n) is 5.58. The molecule has 1 aliphatic rings. The summed E-state index contributed by atoms with van der Waals surface area (Å²) in [6.07, 6.45) is 6.82. The van der Waals surface area contributed by atoms with E-state index in [1.807, 2.05) is 0 Å². The number of benzene rings is 1. The van der Waals surface area contributed by atoms with Gasteiger partial charge in [-0.2, -0.15) is 0 Å². The zero-order valence-electron chi connectivity index (χ0n) is 11.0. The molecule has 0 aliphatic heterocycles. The number of aromatic nitrogens is 2. The van der Waals surface area contributed by atoms with Crippen molar-refractivity contribution in [3.05, 3.63) is 23.8 Å². The molecule has 2 aromatic rings. The fraction of sp³-hybridized carbons (Fsp3) is 0.533. The van der Waals surface area contributed by atoms with E-state index in [9.17, 15) is 0 Å². The summed E-state index contributed by atoms with van der Waals surface area (Å²) in [6, 6.07) is 6.36. The monoisotopic (exact) mass is 243 g/mol. The zero-order chi connectivity index (χ0) is 12.5. The van der Waals surface area contributed by atoms with Gasteiger partial charge in [-0.1, -0.05) is 25.3 Å². The van der Waals surface area contributed by atoms with Crippen molar-refractivity contribution >= 4 is 17.0 Å². The fourth-order valence-electron chi connectivity index (χ4n) is 3.07. The molecule has 0 amide bonds. The molecular weight excluding hydrogens is 222 g/mol. The van der Waals surface area contributed by atoms with Gasteiger partial charge in [-0.3, -0.25) is 0 Å². The second-order valence-corrected chi connectivity index (χ2v) is 5.58. The standard InChI is InChI=1S/C15H21N3/c1-11-7-8-13-14(9-11)18(15(16)17-13)10-12-5-3-2-4-6-12/h7-9,12H,2-6,10H2,1H3,(H2,16,17). The van der Waals surface area contributed by atoms with Crippen molar-refractivity contribution in [3.8, 4) is 0 Å². The first-order valence-electron chi connectivity index (χ1n) is 6.96. The Labute approximate surface area is 108 Å². The van der Waals surface area contributed by atoms with Crippen LogP contribution in [-0.2, 0) is 6.54 Å². The smallest absolute Gasteiger partial charge is 0.201 e. The van der Waals surface area contributed by atoms with Crippen molar-refractivity contribution in [3.63, 3.8) is 0 Å². The van der Waals surface area contributed by atoms with Crippen molar-refractivity contribution in [2.75, 3.05) is 5.73 Å². The molecule has 3 heteroatoms. The van der Waals surface area contributed by atoms with Crippen molar-refractivity contribution in [1.82, 2.24) is 9.55 Å². The summed E-state index contributed by atoms with van der Waals surface area (Å²) in [5.74, 6) is 1.44. The van der Waals surface area contributed by atoms with Crippen LogP contribution in [0.4, 0.5) is 5.95 Å². The Hall–Kier alpha value is -1.51. The van der Waals surface area contributed by atoms with Crippen LogP contribution in [0.3, 0.4) is 0 Å². The van der Waals surface area contributed by atoms with E-state index in [-0.39, 0.29) is 0 Å². The van der Waals surface area contributed by atoms with Gasteiger partial charge in [0.1, 0.15) is 0 Å². The Morgan fingerprint density at radius 3 is 2.83 bits per heavy atom. The summed E-state index contributed by atoms with van der Waals surface area (Å²) in [5, 5.41) is 0. The van der Waals surface area contributed by atoms with E-state index in [1.54, 1.807) is 0 Å². The first-order chi connectivity index (χ1) is 8.74. The molecule has 1 aromatic carbocycles. The van der Waals surface area contributed by atoms with Crippen molar-refractivity contribution in [2.24, 2.45) is 5.92 Å². The van der Waals surface area contributed by atoms with Crippen LogP contribution in [0.5, 0.6) is 0 Å². The van der Waals surface area contributed by atoms with Gasteiger partial charge in [0.15, 0.2) is 0 Å². The molecule has 0 radical (unpaired) electrons. The maximum Gasteiger partial charge on any atom is 0.201 e. The van der Waals surface area contributed by atoms with Gasteiger partial charge in [0.25, 0.3) is 0 Å². The van der Waals surface area contributed by atoms with Crippen LogP contribution in [0.2, 0.25) is 0 Å². The summed E-state index contributed by atoms with van der Waals surface area (Å²) in [4.78, 5) is 4.46. The molecule has 1 fully saturated rings. The van der Waals surface area contributed by atoms with Gasteiger partial charge in [-0.25, -0.2) is 4.98 Å². The number of anilines is 1. The van der Waals surface area contributed by atoms with Crippen molar-refractivity contribution < 1.29 is 0 Å². The van der Waals surface area contributed by atoms with E-state index in [4.69, 9.17) is 5.73 Å². The molecule has 3 rings (SSSR count). The third-order valence-electron chi connectivity index (χ3n) is 4.10. The minimum atomic E-state index is 0.668. The van der Waals surface area contributed by atoms with Gasteiger partial charge in [0, 0.05) is 6.54 Å². The van der Waals surface area contributed by atoms with E-state index in [0.717, 1.165) is 18.0 Å². The van der Waals surface area contributed by atoms with Crippen molar-refractivity contribution in [1.29, 1.82) is 0 Å². The predicted octanol–water partition coefficient (Wildman–Crippen LogP) is 3.51. The van der Waals surface area contributed by atoms with Crippen LogP contribution < -0.4 is 5.73 Å². The highest BCUT2D eigenvalue weighted by Crippen LogP contribution is 2.28. The molecule has 1 aliphatic carbocycles. The van der Waals surface area contributed by atoms with Crippen LogP contribution >= 0.6 is 0 Å². The largest absolute Gasteiger partial charge is 0.369 e.